The van der Waals surface area contributed by atoms with Crippen molar-refractivity contribution in [1.82, 2.24) is 9.78 Å². The van der Waals surface area contributed by atoms with Crippen molar-refractivity contribution in [3.8, 4) is 11.8 Å². The van der Waals surface area contributed by atoms with Gasteiger partial charge in [0, 0.05) is 18.7 Å². The Labute approximate surface area is 190 Å². The van der Waals surface area contributed by atoms with E-state index in [9.17, 15) is 9.59 Å². The first-order valence-electron chi connectivity index (χ1n) is 10.6. The molecule has 0 radical (unpaired) electrons. The van der Waals surface area contributed by atoms with Crippen LogP contribution in [-0.4, -0.2) is 48.3 Å². The van der Waals surface area contributed by atoms with Crippen molar-refractivity contribution in [2.75, 3.05) is 26.4 Å². The van der Waals surface area contributed by atoms with Gasteiger partial charge in [-0.2, -0.15) is 10.4 Å². The molecule has 33 heavy (non-hydrogen) atoms. The number of nitrogens with zero attached hydrogens (tertiary/aromatic N) is 3. The maximum Gasteiger partial charge on any atom is 0.310 e. The Morgan fingerprint density at radius 3 is 2.82 bits per heavy atom. The van der Waals surface area contributed by atoms with Crippen LogP contribution in [0.5, 0.6) is 0 Å². The van der Waals surface area contributed by atoms with Crippen LogP contribution >= 0.6 is 0 Å². The normalized spacial score (nSPS) is 15.5. The topological polar surface area (TPSA) is 103 Å². The highest BCUT2D eigenvalue weighted by molar-refractivity contribution is 5.72. The third-order valence-corrected chi connectivity index (χ3v) is 5.15. The van der Waals surface area contributed by atoms with Gasteiger partial charge in [0.2, 0.25) is 5.43 Å². The number of benzene rings is 2. The summed E-state index contributed by atoms with van der Waals surface area (Å²) in [5, 5.41) is 13.6. The van der Waals surface area contributed by atoms with Crippen molar-refractivity contribution in [3.05, 3.63) is 93.4 Å². The number of hydrogen-bond donors (Lipinski definition) is 0. The average molecular weight is 445 g/mol. The molecular formula is C25H23N3O5. The number of carbonyl (C=O) groups excluding carboxylic acids is 1. The minimum Gasteiger partial charge on any atom is -0.463 e. The molecule has 168 valence electrons. The van der Waals surface area contributed by atoms with E-state index >= 15 is 0 Å². The van der Waals surface area contributed by atoms with Crippen LogP contribution in [0.25, 0.3) is 5.69 Å². The number of nitriles is 1. The molecule has 2 heterocycles. The molecule has 1 aliphatic rings. The molecule has 8 nitrogen and oxygen atoms in total. The maximum absolute atomic E-state index is 12.4. The molecule has 1 saturated heterocycles. The zero-order valence-electron chi connectivity index (χ0n) is 18.0. The van der Waals surface area contributed by atoms with Crippen molar-refractivity contribution in [2.24, 2.45) is 0 Å². The second-order valence-electron chi connectivity index (χ2n) is 7.66. The van der Waals surface area contributed by atoms with Gasteiger partial charge in [-0.1, -0.05) is 30.3 Å². The number of esters is 1. The molecule has 0 bridgehead atoms. The number of ether oxygens (including phenoxy) is 3. The van der Waals surface area contributed by atoms with Crippen molar-refractivity contribution in [2.45, 2.75) is 18.9 Å². The van der Waals surface area contributed by atoms with E-state index in [0.29, 0.717) is 43.2 Å². The lowest BCUT2D eigenvalue weighted by atomic mass is 10.0. The van der Waals surface area contributed by atoms with E-state index < -0.39 is 0 Å². The summed E-state index contributed by atoms with van der Waals surface area (Å²) < 4.78 is 17.7. The molecule has 1 aliphatic heterocycles. The Morgan fingerprint density at radius 1 is 1.15 bits per heavy atom. The van der Waals surface area contributed by atoms with E-state index in [-0.39, 0.29) is 30.5 Å². The van der Waals surface area contributed by atoms with Gasteiger partial charge in [-0.05, 0) is 29.3 Å². The summed E-state index contributed by atoms with van der Waals surface area (Å²) in [6, 6.07) is 18.0. The molecule has 1 fully saturated rings. The molecule has 8 heteroatoms. The van der Waals surface area contributed by atoms with Crippen LogP contribution < -0.4 is 5.43 Å². The fourth-order valence-corrected chi connectivity index (χ4v) is 3.51. The predicted octanol–water partition coefficient (Wildman–Crippen LogP) is 2.20. The van der Waals surface area contributed by atoms with Crippen LogP contribution in [0.1, 0.15) is 22.4 Å². The number of rotatable bonds is 7. The minimum atomic E-state index is -0.348. The lowest BCUT2D eigenvalue weighted by Gasteiger charge is -2.22. The van der Waals surface area contributed by atoms with Crippen LogP contribution in [0.4, 0.5) is 0 Å². The fraction of sp³-hybridized carbons (Fsp3) is 0.280. The van der Waals surface area contributed by atoms with E-state index in [0.717, 1.165) is 11.1 Å². The van der Waals surface area contributed by atoms with Gasteiger partial charge >= 0.3 is 5.97 Å². The highest BCUT2D eigenvalue weighted by Crippen LogP contribution is 2.12. The van der Waals surface area contributed by atoms with E-state index in [4.69, 9.17) is 19.5 Å². The fourth-order valence-electron chi connectivity index (χ4n) is 3.51. The largest absolute Gasteiger partial charge is 0.463 e. The Bertz CT molecular complexity index is 1220. The quantitative estimate of drug-likeness (QED) is 0.514. The average Bonchev–Trinajstić information content (AvgIpc) is 2.85. The SMILES string of the molecule is N#Cc1cccc(-n2ccc(=O)c(Cc3cccc(CC(=O)OCC4COCCO4)c3)n2)c1. The van der Waals surface area contributed by atoms with Gasteiger partial charge in [-0.15, -0.1) is 0 Å². The van der Waals surface area contributed by atoms with Crippen LogP contribution in [0.3, 0.4) is 0 Å². The molecule has 1 aromatic heterocycles. The zero-order chi connectivity index (χ0) is 23.0. The highest BCUT2D eigenvalue weighted by Gasteiger charge is 2.17. The Kier molecular flexibility index (Phi) is 7.25. The molecule has 3 aromatic rings. The summed E-state index contributed by atoms with van der Waals surface area (Å²) >= 11 is 0. The van der Waals surface area contributed by atoms with Gasteiger partial charge in [0.25, 0.3) is 0 Å². The minimum absolute atomic E-state index is 0.120. The second-order valence-corrected chi connectivity index (χ2v) is 7.66. The first-order chi connectivity index (χ1) is 16.1. The highest BCUT2D eigenvalue weighted by atomic mass is 16.6. The standard InChI is InChI=1S/C25H23N3O5/c26-15-20-5-2-6-21(12-20)28-8-7-24(29)23(27-28)13-18-3-1-4-19(11-18)14-25(30)33-17-22-16-31-9-10-32-22/h1-8,11-12,22H,9-10,13-14,16-17H2. The van der Waals surface area contributed by atoms with Crippen LogP contribution in [0.2, 0.25) is 0 Å². The molecule has 0 amide bonds. The molecule has 0 aliphatic carbocycles. The van der Waals surface area contributed by atoms with E-state index in [1.54, 1.807) is 29.1 Å². The van der Waals surface area contributed by atoms with Gasteiger partial charge in [-0.25, -0.2) is 4.68 Å². The van der Waals surface area contributed by atoms with Crippen LogP contribution in [0, 0.1) is 11.3 Å². The zero-order valence-corrected chi connectivity index (χ0v) is 18.0. The van der Waals surface area contributed by atoms with Crippen molar-refractivity contribution >= 4 is 5.97 Å². The molecule has 1 unspecified atom stereocenters. The number of hydrogen-bond acceptors (Lipinski definition) is 7. The Morgan fingerprint density at radius 2 is 2.00 bits per heavy atom. The van der Waals surface area contributed by atoms with Gasteiger partial charge < -0.3 is 14.2 Å². The first-order valence-corrected chi connectivity index (χ1v) is 10.6. The predicted molar refractivity (Wildman–Crippen MR) is 119 cm³/mol. The summed E-state index contributed by atoms with van der Waals surface area (Å²) in [5.74, 6) is -0.348. The Hall–Kier alpha value is -3.80. The van der Waals surface area contributed by atoms with Crippen molar-refractivity contribution < 1.29 is 19.0 Å². The van der Waals surface area contributed by atoms with Crippen molar-refractivity contribution in [3.63, 3.8) is 0 Å². The summed E-state index contributed by atoms with van der Waals surface area (Å²) in [5.41, 5.74) is 3.04. The third kappa shape index (κ3) is 6.13. The molecule has 0 spiro atoms. The summed E-state index contributed by atoms with van der Waals surface area (Å²) in [6.07, 6.45) is 1.78. The van der Waals surface area contributed by atoms with Crippen LogP contribution in [-0.2, 0) is 31.8 Å². The van der Waals surface area contributed by atoms with E-state index in [1.807, 2.05) is 30.3 Å². The first kappa shape index (κ1) is 22.4. The molecule has 0 N–H and O–H groups in total. The van der Waals surface area contributed by atoms with Crippen LogP contribution in [0.15, 0.2) is 65.6 Å². The van der Waals surface area contributed by atoms with E-state index in [1.165, 1.54) is 6.07 Å². The van der Waals surface area contributed by atoms with Crippen molar-refractivity contribution in [1.29, 1.82) is 5.26 Å². The monoisotopic (exact) mass is 445 g/mol. The molecular weight excluding hydrogens is 422 g/mol. The molecule has 2 aromatic carbocycles. The van der Waals surface area contributed by atoms with Gasteiger partial charge in [0.05, 0.1) is 43.6 Å². The summed E-state index contributed by atoms with van der Waals surface area (Å²) in [7, 11) is 0. The lowest BCUT2D eigenvalue weighted by molar-refractivity contribution is -0.155. The van der Waals surface area contributed by atoms with Gasteiger partial charge in [-0.3, -0.25) is 9.59 Å². The molecule has 4 rings (SSSR count). The number of carbonyl (C=O) groups is 1. The van der Waals surface area contributed by atoms with Gasteiger partial charge in [0.15, 0.2) is 0 Å². The Balaban J connectivity index is 1.43. The maximum atomic E-state index is 12.4. The second kappa shape index (κ2) is 10.7. The van der Waals surface area contributed by atoms with Gasteiger partial charge in [0.1, 0.15) is 18.4 Å². The molecule has 0 saturated carbocycles. The van der Waals surface area contributed by atoms with E-state index in [2.05, 4.69) is 11.2 Å². The lowest BCUT2D eigenvalue weighted by Crippen LogP contribution is -2.33. The molecule has 1 atom stereocenters. The number of aromatic nitrogens is 2. The summed E-state index contributed by atoms with van der Waals surface area (Å²) in [4.78, 5) is 24.6. The smallest absolute Gasteiger partial charge is 0.310 e. The third-order valence-electron chi connectivity index (χ3n) is 5.15. The summed E-state index contributed by atoms with van der Waals surface area (Å²) in [6.45, 7) is 1.65.